The number of aromatic nitrogens is 1. The smallest absolute Gasteiger partial charge is 0.360 e. The second-order valence-corrected chi connectivity index (χ2v) is 5.24. The Morgan fingerprint density at radius 1 is 1.32 bits per heavy atom. The monoisotopic (exact) mass is 295 g/mol. The SMILES string of the molecule is CN(CCC(C)(C)NCl)c1ccc(C(F)(F)F)cn1. The highest BCUT2D eigenvalue weighted by atomic mass is 35.5. The number of nitrogens with one attached hydrogen (secondary N) is 1. The van der Waals surface area contributed by atoms with Crippen molar-refractivity contribution in [3.05, 3.63) is 23.9 Å². The molecule has 7 heteroatoms. The average Bonchev–Trinajstić information content (AvgIpc) is 2.35. The Labute approximate surface area is 115 Å². The highest BCUT2D eigenvalue weighted by Gasteiger charge is 2.30. The molecule has 0 saturated heterocycles. The molecule has 0 spiro atoms. The van der Waals surface area contributed by atoms with Crippen molar-refractivity contribution in [1.29, 1.82) is 0 Å². The van der Waals surface area contributed by atoms with Crippen LogP contribution in [0.3, 0.4) is 0 Å². The number of alkyl halides is 3. The molecular weight excluding hydrogens is 279 g/mol. The Morgan fingerprint density at radius 3 is 2.37 bits per heavy atom. The molecule has 0 amide bonds. The maximum atomic E-state index is 12.4. The van der Waals surface area contributed by atoms with E-state index in [1.54, 1.807) is 11.9 Å². The van der Waals surface area contributed by atoms with Gasteiger partial charge in [-0.2, -0.15) is 13.2 Å². The zero-order chi connectivity index (χ0) is 14.7. The van der Waals surface area contributed by atoms with Gasteiger partial charge in [0.25, 0.3) is 0 Å². The Morgan fingerprint density at radius 2 is 1.95 bits per heavy atom. The molecule has 0 atom stereocenters. The number of pyridine rings is 1. The molecule has 0 aliphatic heterocycles. The van der Waals surface area contributed by atoms with Crippen molar-refractivity contribution in [1.82, 2.24) is 9.82 Å². The van der Waals surface area contributed by atoms with E-state index in [9.17, 15) is 13.2 Å². The predicted octanol–water partition coefficient (Wildman–Crippen LogP) is 3.45. The first-order valence-corrected chi connectivity index (χ1v) is 6.16. The summed E-state index contributed by atoms with van der Waals surface area (Å²) in [5.74, 6) is 0.498. The molecule has 19 heavy (non-hydrogen) atoms. The standard InChI is InChI=1S/C12H17ClF3N3/c1-11(2,18-13)6-7-19(3)10-5-4-9(8-17-10)12(14,15)16/h4-5,8,18H,6-7H2,1-3H3. The number of halogens is 4. The molecular formula is C12H17ClF3N3. The van der Waals surface area contributed by atoms with Crippen LogP contribution in [-0.2, 0) is 6.18 Å². The van der Waals surface area contributed by atoms with E-state index < -0.39 is 11.7 Å². The lowest BCUT2D eigenvalue weighted by atomic mass is 10.0. The number of hydrogen-bond acceptors (Lipinski definition) is 3. The topological polar surface area (TPSA) is 28.2 Å². The van der Waals surface area contributed by atoms with Crippen LogP contribution in [0.4, 0.5) is 19.0 Å². The average molecular weight is 296 g/mol. The van der Waals surface area contributed by atoms with Crippen LogP contribution in [0.5, 0.6) is 0 Å². The summed E-state index contributed by atoms with van der Waals surface area (Å²) in [5.41, 5.74) is -0.991. The van der Waals surface area contributed by atoms with Gasteiger partial charge < -0.3 is 4.90 Å². The Kier molecular flexibility index (Phi) is 5.04. The zero-order valence-corrected chi connectivity index (χ0v) is 11.8. The minimum Gasteiger partial charge on any atom is -0.360 e. The summed E-state index contributed by atoms with van der Waals surface area (Å²) in [6.45, 7) is 4.51. The third-order valence-electron chi connectivity index (χ3n) is 2.79. The third-order valence-corrected chi connectivity index (χ3v) is 3.31. The maximum absolute atomic E-state index is 12.4. The molecule has 0 saturated carbocycles. The van der Waals surface area contributed by atoms with Gasteiger partial charge in [-0.15, -0.1) is 0 Å². The number of anilines is 1. The fraction of sp³-hybridized carbons (Fsp3) is 0.583. The van der Waals surface area contributed by atoms with Gasteiger partial charge in [0.1, 0.15) is 5.82 Å². The third kappa shape index (κ3) is 4.87. The zero-order valence-electron chi connectivity index (χ0n) is 11.1. The molecule has 3 nitrogen and oxygen atoms in total. The normalized spacial score (nSPS) is 12.6. The maximum Gasteiger partial charge on any atom is 0.417 e. The van der Waals surface area contributed by atoms with E-state index in [0.29, 0.717) is 12.4 Å². The number of rotatable bonds is 5. The minimum atomic E-state index is -4.35. The van der Waals surface area contributed by atoms with Crippen molar-refractivity contribution in [2.45, 2.75) is 32.0 Å². The van der Waals surface area contributed by atoms with Gasteiger partial charge >= 0.3 is 6.18 Å². The van der Waals surface area contributed by atoms with Crippen LogP contribution >= 0.6 is 11.8 Å². The van der Waals surface area contributed by atoms with Gasteiger partial charge in [0, 0.05) is 25.3 Å². The van der Waals surface area contributed by atoms with E-state index in [4.69, 9.17) is 11.8 Å². The second-order valence-electron chi connectivity index (χ2n) is 5.05. The Balaban J connectivity index is 2.66. The molecule has 1 N–H and O–H groups in total. The summed E-state index contributed by atoms with van der Waals surface area (Å²) in [5, 5.41) is 0. The van der Waals surface area contributed by atoms with Crippen LogP contribution in [-0.4, -0.2) is 24.1 Å². The van der Waals surface area contributed by atoms with E-state index in [-0.39, 0.29) is 5.54 Å². The molecule has 0 fully saturated rings. The predicted molar refractivity (Wildman–Crippen MR) is 70.2 cm³/mol. The highest BCUT2D eigenvalue weighted by Crippen LogP contribution is 2.29. The first-order valence-electron chi connectivity index (χ1n) is 5.78. The molecule has 0 aliphatic carbocycles. The largest absolute Gasteiger partial charge is 0.417 e. The summed E-state index contributed by atoms with van der Waals surface area (Å²) < 4.78 is 37.2. The molecule has 1 rings (SSSR count). The van der Waals surface area contributed by atoms with E-state index in [1.165, 1.54) is 6.07 Å². The van der Waals surface area contributed by atoms with Gasteiger partial charge in [0.05, 0.1) is 5.56 Å². The van der Waals surface area contributed by atoms with Gasteiger partial charge in [0.15, 0.2) is 0 Å². The minimum absolute atomic E-state index is 0.248. The van der Waals surface area contributed by atoms with E-state index in [2.05, 4.69) is 9.82 Å². The number of hydrogen-bond donors (Lipinski definition) is 1. The molecule has 1 heterocycles. The van der Waals surface area contributed by atoms with Crippen LogP contribution in [0, 0.1) is 0 Å². The quantitative estimate of drug-likeness (QED) is 0.843. The van der Waals surface area contributed by atoms with E-state index in [0.717, 1.165) is 18.7 Å². The first-order chi connectivity index (χ1) is 8.65. The van der Waals surface area contributed by atoms with Crippen LogP contribution in [0.1, 0.15) is 25.8 Å². The van der Waals surface area contributed by atoms with Crippen LogP contribution in [0.25, 0.3) is 0 Å². The lowest BCUT2D eigenvalue weighted by Gasteiger charge is -2.26. The molecule has 0 bridgehead atoms. The lowest BCUT2D eigenvalue weighted by molar-refractivity contribution is -0.137. The van der Waals surface area contributed by atoms with Crippen molar-refractivity contribution < 1.29 is 13.2 Å². The molecule has 1 aromatic rings. The van der Waals surface area contributed by atoms with E-state index in [1.807, 2.05) is 13.8 Å². The van der Waals surface area contributed by atoms with Gasteiger partial charge in [-0.25, -0.2) is 9.82 Å². The van der Waals surface area contributed by atoms with Crippen molar-refractivity contribution in [2.75, 3.05) is 18.5 Å². The van der Waals surface area contributed by atoms with Gasteiger partial charge in [-0.3, -0.25) is 0 Å². The molecule has 108 valence electrons. The molecule has 0 aliphatic rings. The summed E-state index contributed by atoms with van der Waals surface area (Å²) in [6.07, 6.45) is -2.78. The second kappa shape index (κ2) is 5.96. The van der Waals surface area contributed by atoms with Gasteiger partial charge in [0.2, 0.25) is 0 Å². The fourth-order valence-corrected chi connectivity index (χ4v) is 1.48. The van der Waals surface area contributed by atoms with Crippen LogP contribution in [0.2, 0.25) is 0 Å². The van der Waals surface area contributed by atoms with Crippen LogP contribution in [0.15, 0.2) is 18.3 Å². The van der Waals surface area contributed by atoms with Crippen molar-refractivity contribution in [3.63, 3.8) is 0 Å². The van der Waals surface area contributed by atoms with Gasteiger partial charge in [-0.1, -0.05) is 0 Å². The fourth-order valence-electron chi connectivity index (χ4n) is 1.39. The summed E-state index contributed by atoms with van der Waals surface area (Å²) in [7, 11) is 1.78. The molecule has 0 radical (unpaired) electrons. The summed E-state index contributed by atoms with van der Waals surface area (Å²) in [4.78, 5) is 8.27. The van der Waals surface area contributed by atoms with Crippen molar-refractivity contribution in [3.8, 4) is 0 Å². The lowest BCUT2D eigenvalue weighted by Crippen LogP contribution is -2.36. The molecule has 0 unspecified atom stereocenters. The first kappa shape index (κ1) is 16.0. The summed E-state index contributed by atoms with van der Waals surface area (Å²) in [6, 6.07) is 2.40. The Hall–Kier alpha value is -1.01. The molecule has 0 aromatic carbocycles. The van der Waals surface area contributed by atoms with Crippen LogP contribution < -0.4 is 9.74 Å². The number of nitrogens with zero attached hydrogens (tertiary/aromatic N) is 2. The van der Waals surface area contributed by atoms with Crippen molar-refractivity contribution in [2.24, 2.45) is 0 Å². The highest BCUT2D eigenvalue weighted by molar-refractivity contribution is 6.13. The summed E-state index contributed by atoms with van der Waals surface area (Å²) >= 11 is 5.58. The Bertz CT molecular complexity index is 404. The van der Waals surface area contributed by atoms with Gasteiger partial charge in [-0.05, 0) is 44.2 Å². The molecule has 1 aromatic heterocycles. The van der Waals surface area contributed by atoms with Crippen molar-refractivity contribution >= 4 is 17.6 Å². The van der Waals surface area contributed by atoms with E-state index >= 15 is 0 Å².